The average Bonchev–Trinajstić information content (AvgIpc) is 2.73. The fraction of sp³-hybridized carbons (Fsp3) is 0.471. The summed E-state index contributed by atoms with van der Waals surface area (Å²) >= 11 is 0. The quantitative estimate of drug-likeness (QED) is 0.628. The van der Waals surface area contributed by atoms with E-state index in [0.29, 0.717) is 11.2 Å². The van der Waals surface area contributed by atoms with Crippen LogP contribution in [0.4, 0.5) is 0 Å². The Labute approximate surface area is 110 Å². The Morgan fingerprint density at radius 1 is 1.06 bits per heavy atom. The molecule has 0 aromatic heterocycles. The van der Waals surface area contributed by atoms with Crippen molar-refractivity contribution in [1.29, 1.82) is 0 Å². The van der Waals surface area contributed by atoms with Gasteiger partial charge >= 0.3 is 0 Å². The molecule has 2 aliphatic rings. The van der Waals surface area contributed by atoms with E-state index in [0.717, 1.165) is 25.7 Å². The number of hydrogen-bond donors (Lipinski definition) is 0. The first-order valence-electron chi connectivity index (χ1n) is 6.77. The second kappa shape index (κ2) is 5.09. The summed E-state index contributed by atoms with van der Waals surface area (Å²) in [5.41, 5.74) is 4.86. The van der Waals surface area contributed by atoms with Gasteiger partial charge in [-0.2, -0.15) is 0 Å². The summed E-state index contributed by atoms with van der Waals surface area (Å²) in [7, 11) is 0. The molecule has 1 spiro atoms. The molecule has 0 N–H and O–H groups in total. The molecular weight excluding hydrogens is 220 g/mol. The van der Waals surface area contributed by atoms with Crippen LogP contribution in [-0.2, 0) is 17.6 Å². The highest BCUT2D eigenvalue weighted by Crippen LogP contribution is 2.46. The van der Waals surface area contributed by atoms with Crippen LogP contribution in [0.25, 0.3) is 0 Å². The van der Waals surface area contributed by atoms with Gasteiger partial charge in [0.25, 0.3) is 0 Å². The molecule has 0 saturated heterocycles. The van der Waals surface area contributed by atoms with Gasteiger partial charge in [0.2, 0.25) is 0 Å². The monoisotopic (exact) mass is 242 g/mol. The molecule has 0 unspecified atom stereocenters. The number of rotatable bonds is 0. The van der Waals surface area contributed by atoms with Crippen molar-refractivity contribution in [3.63, 3.8) is 0 Å². The maximum absolute atomic E-state index is 11.3. The molecule has 0 bridgehead atoms. The van der Waals surface area contributed by atoms with E-state index in [1.165, 1.54) is 29.5 Å². The lowest BCUT2D eigenvalue weighted by atomic mass is 9.72. The lowest BCUT2D eigenvalue weighted by Gasteiger charge is -2.32. The van der Waals surface area contributed by atoms with Crippen LogP contribution in [0.15, 0.2) is 31.4 Å². The van der Waals surface area contributed by atoms with E-state index in [2.05, 4.69) is 38.3 Å². The number of benzene rings is 1. The lowest BCUT2D eigenvalue weighted by molar-refractivity contribution is -0.122. The average molecular weight is 242 g/mol. The highest BCUT2D eigenvalue weighted by Gasteiger charge is 2.39. The van der Waals surface area contributed by atoms with Crippen molar-refractivity contribution in [2.75, 3.05) is 0 Å². The van der Waals surface area contributed by atoms with Gasteiger partial charge in [-0.3, -0.25) is 4.79 Å². The number of carbonyl (C=O) groups excluding carboxylic acids is 1. The molecule has 0 radical (unpaired) electrons. The second-order valence-electron chi connectivity index (χ2n) is 5.66. The molecule has 2 aliphatic carbocycles. The predicted octanol–water partition coefficient (Wildman–Crippen LogP) is 4.03. The Morgan fingerprint density at radius 3 is 2.33 bits per heavy atom. The minimum Gasteiger partial charge on any atom is -0.300 e. The van der Waals surface area contributed by atoms with E-state index in [4.69, 9.17) is 0 Å². The topological polar surface area (TPSA) is 17.1 Å². The van der Waals surface area contributed by atoms with Gasteiger partial charge in [0.1, 0.15) is 5.78 Å². The number of ketones is 1. The van der Waals surface area contributed by atoms with Crippen molar-refractivity contribution in [2.24, 2.45) is 5.41 Å². The van der Waals surface area contributed by atoms with Gasteiger partial charge in [0.15, 0.2) is 0 Å². The van der Waals surface area contributed by atoms with Crippen molar-refractivity contribution in [3.8, 4) is 0 Å². The van der Waals surface area contributed by atoms with Crippen LogP contribution in [0.5, 0.6) is 0 Å². The lowest BCUT2D eigenvalue weighted by Crippen LogP contribution is -2.28. The van der Waals surface area contributed by atoms with E-state index < -0.39 is 0 Å². The van der Waals surface area contributed by atoms with Crippen LogP contribution < -0.4 is 0 Å². The van der Waals surface area contributed by atoms with Crippen molar-refractivity contribution >= 4 is 5.78 Å². The van der Waals surface area contributed by atoms with Crippen molar-refractivity contribution < 1.29 is 4.79 Å². The Balaban J connectivity index is 0.000000574. The minimum atomic E-state index is 0.435. The normalized spacial score (nSPS) is 20.2. The third kappa shape index (κ3) is 2.40. The Bertz CT molecular complexity index is 449. The van der Waals surface area contributed by atoms with Crippen molar-refractivity contribution in [3.05, 3.63) is 48.0 Å². The SMILES string of the molecule is C=C.Cc1ccc2c(c1)CC1(CCC(=O)CC1)C2. The molecule has 1 aromatic carbocycles. The van der Waals surface area contributed by atoms with Crippen LogP contribution in [-0.4, -0.2) is 5.78 Å². The van der Waals surface area contributed by atoms with Crippen LogP contribution >= 0.6 is 0 Å². The predicted molar refractivity (Wildman–Crippen MR) is 75.7 cm³/mol. The highest BCUT2D eigenvalue weighted by atomic mass is 16.1. The fourth-order valence-electron chi connectivity index (χ4n) is 3.37. The summed E-state index contributed by atoms with van der Waals surface area (Å²) in [6.07, 6.45) is 6.26. The van der Waals surface area contributed by atoms with E-state index in [9.17, 15) is 4.79 Å². The van der Waals surface area contributed by atoms with Gasteiger partial charge < -0.3 is 0 Å². The van der Waals surface area contributed by atoms with Crippen LogP contribution in [0.1, 0.15) is 42.4 Å². The smallest absolute Gasteiger partial charge is 0.132 e. The van der Waals surface area contributed by atoms with Crippen LogP contribution in [0.2, 0.25) is 0 Å². The largest absolute Gasteiger partial charge is 0.300 e. The molecule has 1 saturated carbocycles. The maximum Gasteiger partial charge on any atom is 0.132 e. The summed E-state index contributed by atoms with van der Waals surface area (Å²) < 4.78 is 0. The molecule has 0 atom stereocenters. The third-order valence-electron chi connectivity index (χ3n) is 4.36. The summed E-state index contributed by atoms with van der Waals surface area (Å²) in [6.45, 7) is 8.16. The Hall–Kier alpha value is -1.37. The summed E-state index contributed by atoms with van der Waals surface area (Å²) in [4.78, 5) is 11.3. The van der Waals surface area contributed by atoms with E-state index in [1.54, 1.807) is 0 Å². The Kier molecular flexibility index (Phi) is 3.70. The third-order valence-corrected chi connectivity index (χ3v) is 4.36. The molecular formula is C17H22O. The zero-order valence-corrected chi connectivity index (χ0v) is 11.3. The summed E-state index contributed by atoms with van der Waals surface area (Å²) in [6, 6.07) is 6.84. The molecule has 3 rings (SSSR count). The maximum atomic E-state index is 11.3. The molecule has 96 valence electrons. The standard InChI is InChI=1S/C15H18O.C2H4/c1-11-2-3-12-9-15(10-13(12)8-11)6-4-14(16)5-7-15;1-2/h2-3,8H,4-7,9-10H2,1H3;1-2H2. The molecule has 1 fully saturated rings. The molecule has 18 heavy (non-hydrogen) atoms. The number of carbonyl (C=O) groups is 1. The number of Topliss-reactive ketones (excluding diaryl/α,β-unsaturated/α-hetero) is 1. The van der Waals surface area contributed by atoms with Gasteiger partial charge in [0.05, 0.1) is 0 Å². The highest BCUT2D eigenvalue weighted by molar-refractivity contribution is 5.79. The van der Waals surface area contributed by atoms with Crippen LogP contribution in [0, 0.1) is 12.3 Å². The summed E-state index contributed by atoms with van der Waals surface area (Å²) in [5, 5.41) is 0. The van der Waals surface area contributed by atoms with Crippen molar-refractivity contribution in [2.45, 2.75) is 45.4 Å². The van der Waals surface area contributed by atoms with Crippen LogP contribution in [0.3, 0.4) is 0 Å². The van der Waals surface area contributed by atoms with E-state index in [-0.39, 0.29) is 0 Å². The van der Waals surface area contributed by atoms with Gasteiger partial charge in [-0.1, -0.05) is 23.8 Å². The van der Waals surface area contributed by atoms with Gasteiger partial charge in [-0.15, -0.1) is 13.2 Å². The second-order valence-corrected chi connectivity index (χ2v) is 5.66. The summed E-state index contributed by atoms with van der Waals surface area (Å²) in [5.74, 6) is 0.470. The molecule has 1 nitrogen and oxygen atoms in total. The van der Waals surface area contributed by atoms with Crippen molar-refractivity contribution in [1.82, 2.24) is 0 Å². The van der Waals surface area contributed by atoms with Gasteiger partial charge in [0, 0.05) is 12.8 Å². The first-order chi connectivity index (χ1) is 8.67. The zero-order chi connectivity index (χ0) is 13.2. The van der Waals surface area contributed by atoms with E-state index >= 15 is 0 Å². The molecule has 0 amide bonds. The van der Waals surface area contributed by atoms with E-state index in [1.807, 2.05) is 0 Å². The molecule has 1 heteroatoms. The van der Waals surface area contributed by atoms with Gasteiger partial charge in [-0.05, 0) is 49.1 Å². The number of aryl methyl sites for hydroxylation is 1. The number of fused-ring (bicyclic) bond motifs is 1. The molecule has 0 heterocycles. The molecule has 1 aromatic rings. The number of hydrogen-bond acceptors (Lipinski definition) is 1. The fourth-order valence-corrected chi connectivity index (χ4v) is 3.37. The Morgan fingerprint density at radius 2 is 1.67 bits per heavy atom. The minimum absolute atomic E-state index is 0.435. The zero-order valence-electron chi connectivity index (χ0n) is 11.3. The molecule has 0 aliphatic heterocycles. The first-order valence-corrected chi connectivity index (χ1v) is 6.77. The first kappa shape index (κ1) is 13.1. The van der Waals surface area contributed by atoms with Gasteiger partial charge in [-0.25, -0.2) is 0 Å².